The highest BCUT2D eigenvalue weighted by Crippen LogP contribution is 2.37. The fourth-order valence-electron chi connectivity index (χ4n) is 5.10. The van der Waals surface area contributed by atoms with Gasteiger partial charge in [-0.25, -0.2) is 4.98 Å². The lowest BCUT2D eigenvalue weighted by atomic mass is 9.86. The van der Waals surface area contributed by atoms with Crippen LogP contribution in [0, 0.1) is 0 Å². The minimum absolute atomic E-state index is 0.207. The zero-order valence-corrected chi connectivity index (χ0v) is 19.4. The first-order valence-corrected chi connectivity index (χ1v) is 12.0. The van der Waals surface area contributed by atoms with Crippen molar-refractivity contribution in [1.82, 2.24) is 25.1 Å². The van der Waals surface area contributed by atoms with Crippen molar-refractivity contribution >= 4 is 11.6 Å². The highest BCUT2D eigenvalue weighted by atomic mass is 35.5. The molecule has 7 heteroatoms. The second-order valence-electron chi connectivity index (χ2n) is 9.27. The number of ether oxygens (including phenoxy) is 1. The predicted octanol–water partition coefficient (Wildman–Crippen LogP) is 4.89. The van der Waals surface area contributed by atoms with Gasteiger partial charge in [0.15, 0.2) is 0 Å². The molecule has 0 bridgehead atoms. The molecule has 1 aliphatic heterocycles. The van der Waals surface area contributed by atoms with Crippen molar-refractivity contribution in [3.05, 3.63) is 64.8 Å². The maximum atomic E-state index is 6.38. The van der Waals surface area contributed by atoms with E-state index in [4.69, 9.17) is 21.4 Å². The molecule has 2 aliphatic rings. The van der Waals surface area contributed by atoms with Gasteiger partial charge in [-0.1, -0.05) is 31.5 Å². The lowest BCUT2D eigenvalue weighted by Gasteiger charge is -2.28. The summed E-state index contributed by atoms with van der Waals surface area (Å²) in [7, 11) is 0. The molecule has 0 amide bonds. The number of hydrogen-bond donors (Lipinski definition) is 1. The second-order valence-corrected chi connectivity index (χ2v) is 9.71. The Morgan fingerprint density at radius 3 is 2.66 bits per heavy atom. The zero-order chi connectivity index (χ0) is 22.1. The van der Waals surface area contributed by atoms with Crippen LogP contribution >= 0.6 is 11.6 Å². The van der Waals surface area contributed by atoms with Crippen LogP contribution in [0.3, 0.4) is 0 Å². The number of rotatable bonds is 5. The third kappa shape index (κ3) is 4.52. The molecule has 168 valence electrons. The smallest absolute Gasteiger partial charge is 0.213 e. The average Bonchev–Trinajstić information content (AvgIpc) is 3.11. The van der Waals surface area contributed by atoms with Crippen LogP contribution in [0.1, 0.15) is 62.7 Å². The van der Waals surface area contributed by atoms with E-state index in [2.05, 4.69) is 45.9 Å². The maximum absolute atomic E-state index is 6.38. The lowest BCUT2D eigenvalue weighted by Crippen LogP contribution is -2.37. The van der Waals surface area contributed by atoms with Crippen molar-refractivity contribution in [2.75, 3.05) is 0 Å². The van der Waals surface area contributed by atoms with Gasteiger partial charge in [-0.15, -0.1) is 10.2 Å². The van der Waals surface area contributed by atoms with Gasteiger partial charge in [0.1, 0.15) is 17.8 Å². The van der Waals surface area contributed by atoms with Crippen LogP contribution < -0.4 is 10.1 Å². The highest BCUT2D eigenvalue weighted by Gasteiger charge is 2.31. The summed E-state index contributed by atoms with van der Waals surface area (Å²) in [6.45, 7) is 4.37. The van der Waals surface area contributed by atoms with E-state index in [0.717, 1.165) is 55.2 Å². The number of hydrogen-bond acceptors (Lipinski definition) is 5. The van der Waals surface area contributed by atoms with Crippen molar-refractivity contribution in [2.24, 2.45) is 0 Å². The normalized spacial score (nSPS) is 22.8. The molecular formula is C25H30ClN5O. The number of aromatic nitrogens is 4. The number of nitrogens with one attached hydrogen (secondary N) is 1. The van der Waals surface area contributed by atoms with Gasteiger partial charge < -0.3 is 10.1 Å². The maximum Gasteiger partial charge on any atom is 0.213 e. The molecule has 0 unspecified atom stereocenters. The molecule has 0 saturated heterocycles. The Kier molecular flexibility index (Phi) is 6.15. The van der Waals surface area contributed by atoms with Crippen LogP contribution in [0.2, 0.25) is 5.02 Å². The minimum Gasteiger partial charge on any atom is -0.474 e. The van der Waals surface area contributed by atoms with E-state index in [1.807, 2.05) is 24.3 Å². The van der Waals surface area contributed by atoms with Gasteiger partial charge in [0, 0.05) is 41.7 Å². The number of nitrogens with zero attached hydrogens (tertiary/aromatic N) is 4. The standard InChI is InChI=1S/C25H30ClN5O/c1-16(2)28-20-14-18-13-19(26)8-11-22(18)31-23(15-20)29-30-25(31)17-6-9-21(10-7-17)32-24-5-3-4-12-27-24/h3-5,8,11-13,16-17,20-21,28H,6-7,9-10,14-15H2,1-2H3/t17-,20-,21-/m0/s1. The molecule has 1 fully saturated rings. The van der Waals surface area contributed by atoms with E-state index in [-0.39, 0.29) is 6.10 Å². The molecule has 1 N–H and O–H groups in total. The number of pyridine rings is 1. The first-order chi connectivity index (χ1) is 15.6. The van der Waals surface area contributed by atoms with Crippen LogP contribution in [-0.4, -0.2) is 37.9 Å². The molecule has 0 spiro atoms. The number of halogens is 1. The predicted molar refractivity (Wildman–Crippen MR) is 126 cm³/mol. The Labute approximate surface area is 194 Å². The first kappa shape index (κ1) is 21.4. The molecule has 1 aromatic carbocycles. The van der Waals surface area contributed by atoms with Crippen LogP contribution in [0.5, 0.6) is 5.88 Å². The molecule has 1 aliphatic carbocycles. The second kappa shape index (κ2) is 9.20. The Morgan fingerprint density at radius 1 is 1.06 bits per heavy atom. The largest absolute Gasteiger partial charge is 0.474 e. The third-order valence-corrected chi connectivity index (χ3v) is 6.70. The summed E-state index contributed by atoms with van der Waals surface area (Å²) in [5.74, 6) is 3.19. The van der Waals surface area contributed by atoms with Gasteiger partial charge >= 0.3 is 0 Å². The fourth-order valence-corrected chi connectivity index (χ4v) is 5.29. The first-order valence-electron chi connectivity index (χ1n) is 11.6. The van der Waals surface area contributed by atoms with E-state index < -0.39 is 0 Å². The number of benzene rings is 1. The summed E-state index contributed by atoms with van der Waals surface area (Å²) in [5.41, 5.74) is 2.42. The molecule has 5 rings (SSSR count). The average molecular weight is 452 g/mol. The number of fused-ring (bicyclic) bond motifs is 3. The quantitative estimate of drug-likeness (QED) is 0.598. The summed E-state index contributed by atoms with van der Waals surface area (Å²) in [5, 5.41) is 13.8. The van der Waals surface area contributed by atoms with E-state index in [1.54, 1.807) is 6.20 Å². The van der Waals surface area contributed by atoms with Crippen molar-refractivity contribution in [1.29, 1.82) is 0 Å². The molecule has 1 saturated carbocycles. The van der Waals surface area contributed by atoms with Crippen LogP contribution in [0.4, 0.5) is 0 Å². The summed E-state index contributed by atoms with van der Waals surface area (Å²) in [4.78, 5) is 4.30. The molecule has 3 heterocycles. The van der Waals surface area contributed by atoms with Gasteiger partial charge in [0.25, 0.3) is 0 Å². The minimum atomic E-state index is 0.207. The molecule has 6 nitrogen and oxygen atoms in total. The Hall–Kier alpha value is -2.44. The van der Waals surface area contributed by atoms with Crippen molar-refractivity contribution in [3.8, 4) is 11.6 Å². The molecule has 32 heavy (non-hydrogen) atoms. The highest BCUT2D eigenvalue weighted by molar-refractivity contribution is 6.30. The van der Waals surface area contributed by atoms with Gasteiger partial charge in [0.05, 0.1) is 5.69 Å². The summed E-state index contributed by atoms with van der Waals surface area (Å²) in [6.07, 6.45) is 7.83. The Morgan fingerprint density at radius 2 is 1.91 bits per heavy atom. The van der Waals surface area contributed by atoms with Gasteiger partial charge in [-0.3, -0.25) is 4.57 Å². The van der Waals surface area contributed by atoms with Gasteiger partial charge in [0.2, 0.25) is 5.88 Å². The summed E-state index contributed by atoms with van der Waals surface area (Å²) < 4.78 is 8.40. The van der Waals surface area contributed by atoms with Gasteiger partial charge in [-0.05, 0) is 61.9 Å². The lowest BCUT2D eigenvalue weighted by molar-refractivity contribution is 0.139. The van der Waals surface area contributed by atoms with Crippen molar-refractivity contribution in [2.45, 2.75) is 76.5 Å². The molecular weight excluding hydrogens is 422 g/mol. The molecule has 2 aromatic heterocycles. The van der Waals surface area contributed by atoms with E-state index >= 15 is 0 Å². The Balaban J connectivity index is 1.39. The molecule has 0 radical (unpaired) electrons. The van der Waals surface area contributed by atoms with Gasteiger partial charge in [-0.2, -0.15) is 0 Å². The topological polar surface area (TPSA) is 64.9 Å². The van der Waals surface area contributed by atoms with Crippen LogP contribution in [0.25, 0.3) is 5.69 Å². The SMILES string of the molecule is CC(C)N[C@H]1Cc2cc(Cl)ccc2-n2c(nnc2[C@H]2CC[C@H](Oc3ccccn3)CC2)C1. The zero-order valence-electron chi connectivity index (χ0n) is 18.7. The summed E-state index contributed by atoms with van der Waals surface area (Å²) in [6, 6.07) is 12.7. The van der Waals surface area contributed by atoms with Crippen molar-refractivity contribution < 1.29 is 4.74 Å². The van der Waals surface area contributed by atoms with Crippen LogP contribution in [0.15, 0.2) is 42.6 Å². The van der Waals surface area contributed by atoms with E-state index in [1.165, 1.54) is 11.3 Å². The molecule has 1 atom stereocenters. The van der Waals surface area contributed by atoms with E-state index in [9.17, 15) is 0 Å². The fraction of sp³-hybridized carbons (Fsp3) is 0.480. The van der Waals surface area contributed by atoms with Crippen LogP contribution in [-0.2, 0) is 12.8 Å². The molecule has 3 aromatic rings. The van der Waals surface area contributed by atoms with E-state index in [0.29, 0.717) is 23.9 Å². The monoisotopic (exact) mass is 451 g/mol. The third-order valence-electron chi connectivity index (χ3n) is 6.47. The van der Waals surface area contributed by atoms with Crippen molar-refractivity contribution in [3.63, 3.8) is 0 Å². The summed E-state index contributed by atoms with van der Waals surface area (Å²) >= 11 is 6.38. The Bertz CT molecular complexity index is 1060.